The number of hydrogen-bond donors (Lipinski definition) is 4. The van der Waals surface area contributed by atoms with Gasteiger partial charge in [0, 0.05) is 31.5 Å². The van der Waals surface area contributed by atoms with Gasteiger partial charge in [0.05, 0.1) is 0 Å². The van der Waals surface area contributed by atoms with E-state index in [4.69, 9.17) is 19.6 Å². The van der Waals surface area contributed by atoms with Crippen LogP contribution in [-0.4, -0.2) is 19.6 Å². The third-order valence-electron chi connectivity index (χ3n) is 1.08. The van der Waals surface area contributed by atoms with Gasteiger partial charge in [-0.05, 0) is 0 Å². The van der Waals surface area contributed by atoms with Crippen LogP contribution in [0.1, 0.15) is 0 Å². The molecule has 0 aliphatic heterocycles. The van der Waals surface area contributed by atoms with Gasteiger partial charge in [-0.25, -0.2) is 0 Å². The molecule has 0 aromatic heterocycles. The van der Waals surface area contributed by atoms with Crippen LogP contribution < -0.4 is 10.2 Å². The molecule has 9 heteroatoms. The monoisotopic (exact) mass is 329 g/mol. The molecule has 0 heterocycles. The predicted octanol–water partition coefficient (Wildman–Crippen LogP) is -0.955. The van der Waals surface area contributed by atoms with Gasteiger partial charge in [0.2, 0.25) is 0 Å². The summed E-state index contributed by atoms with van der Waals surface area (Å²) in [4.78, 5) is 40.6. The first-order valence-corrected chi connectivity index (χ1v) is 6.08. The summed E-state index contributed by atoms with van der Waals surface area (Å²) in [6.45, 7) is 0. The van der Waals surface area contributed by atoms with Crippen LogP contribution in [0.2, 0.25) is 0 Å². The molecule has 6 nitrogen and oxygen atoms in total. The Labute approximate surface area is 107 Å². The first-order chi connectivity index (χ1) is 6.34. The maximum atomic E-state index is 10.4. The molecule has 1 rings (SSSR count). The summed E-state index contributed by atoms with van der Waals surface area (Å²) in [5.41, 5.74) is 0. The van der Waals surface area contributed by atoms with Crippen molar-refractivity contribution in [1.29, 1.82) is 0 Å². The largest absolute Gasteiger partial charge is 0.775 e. The van der Waals surface area contributed by atoms with Gasteiger partial charge in [-0.1, -0.05) is 30.3 Å². The van der Waals surface area contributed by atoms with Gasteiger partial charge in [0.25, 0.3) is 0 Å². The first-order valence-electron chi connectivity index (χ1n) is 3.30. The Morgan fingerprint density at radius 1 is 1.13 bits per heavy atom. The van der Waals surface area contributed by atoms with Gasteiger partial charge in [0.1, 0.15) is 0 Å². The number of hydrogen-bond acceptors (Lipinski definition) is 5. The Balaban J connectivity index is 0. The Kier molecular flexibility index (Phi) is 10.4. The fourth-order valence-electron chi connectivity index (χ4n) is 0.616. The van der Waals surface area contributed by atoms with Gasteiger partial charge in [-0.2, -0.15) is 0 Å². The third kappa shape index (κ3) is 10.8. The average Bonchev–Trinajstić information content (AvgIpc) is 2.03. The van der Waals surface area contributed by atoms with E-state index in [0.717, 1.165) is 0 Å². The summed E-state index contributed by atoms with van der Waals surface area (Å²) in [6, 6.07) is 7.47. The van der Waals surface area contributed by atoms with E-state index in [-0.39, 0.29) is 31.5 Å². The molecule has 1 unspecified atom stereocenters. The van der Waals surface area contributed by atoms with E-state index in [1.54, 1.807) is 18.2 Å². The molecule has 0 fully saturated rings. The average molecular weight is 330 g/mol. The summed E-state index contributed by atoms with van der Waals surface area (Å²) < 4.78 is 10.4. The zero-order valence-electron chi connectivity index (χ0n) is 7.39. The van der Waals surface area contributed by atoms with E-state index in [1.807, 2.05) is 0 Å². The van der Waals surface area contributed by atoms with Crippen LogP contribution in [0.3, 0.4) is 0 Å². The van der Waals surface area contributed by atoms with Crippen LogP contribution in [0.25, 0.3) is 0 Å². The molecule has 0 bridgehead atoms. The smallest absolute Gasteiger partial charge is 0.324 e. The minimum atomic E-state index is -4.27. The third-order valence-corrected chi connectivity index (χ3v) is 2.03. The van der Waals surface area contributed by atoms with E-state index < -0.39 is 16.2 Å². The molecule has 1 atom stereocenters. The summed E-state index contributed by atoms with van der Waals surface area (Å²) >= 11 is 0. The molecule has 0 amide bonds. The van der Waals surface area contributed by atoms with Crippen molar-refractivity contribution in [1.82, 2.24) is 0 Å². The molecule has 15 heavy (non-hydrogen) atoms. The fourth-order valence-corrected chi connectivity index (χ4v) is 1.17. The van der Waals surface area contributed by atoms with E-state index in [0.29, 0.717) is 0 Å². The van der Waals surface area contributed by atoms with Crippen LogP contribution in [0.5, 0.6) is 0 Å². The van der Waals surface area contributed by atoms with Crippen molar-refractivity contribution in [2.75, 3.05) is 0 Å². The standard InChI is InChI=1S/C6H7O3P.H3O3P.Zr/c7-10(8,9)6-4-2-1-3-5-6;1-4(2)3;/h1-5H,(H2,7,8,9);1-3H;/p-1. The molecule has 0 spiro atoms. The van der Waals surface area contributed by atoms with Crippen molar-refractivity contribution in [2.24, 2.45) is 0 Å². The first kappa shape index (κ1) is 17.9. The van der Waals surface area contributed by atoms with Gasteiger partial charge < -0.3 is 29.0 Å². The molecule has 84 valence electrons. The van der Waals surface area contributed by atoms with Gasteiger partial charge in [-0.15, -0.1) is 0 Å². The van der Waals surface area contributed by atoms with Gasteiger partial charge in [0.15, 0.2) is 7.60 Å². The second-order valence-corrected chi connectivity index (χ2v) is 4.22. The zero-order valence-corrected chi connectivity index (χ0v) is 11.6. The summed E-state index contributed by atoms with van der Waals surface area (Å²) in [7, 11) is -6.89. The van der Waals surface area contributed by atoms with Crippen molar-refractivity contribution in [2.45, 2.75) is 0 Å². The molecule has 1 aromatic rings. The normalized spacial score (nSPS) is 13.2. The number of benzene rings is 1. The van der Waals surface area contributed by atoms with Crippen molar-refractivity contribution in [3.05, 3.63) is 30.3 Å². The maximum Gasteiger partial charge on any atom is 0.324 e. The second kappa shape index (κ2) is 8.69. The molecule has 0 aliphatic carbocycles. The quantitative estimate of drug-likeness (QED) is 0.493. The van der Waals surface area contributed by atoms with Crippen molar-refractivity contribution in [3.8, 4) is 0 Å². The molecular formula is C6H9O6P2Zr-. The Bertz CT molecular complexity index is 297. The minimum Gasteiger partial charge on any atom is -0.775 e. The molecule has 4 N–H and O–H groups in total. The maximum absolute atomic E-state index is 10.4. The molecule has 0 radical (unpaired) electrons. The predicted molar refractivity (Wildman–Crippen MR) is 49.5 cm³/mol. The van der Waals surface area contributed by atoms with Crippen molar-refractivity contribution in [3.63, 3.8) is 0 Å². The van der Waals surface area contributed by atoms with Crippen LogP contribution in [-0.2, 0) is 30.8 Å². The van der Waals surface area contributed by atoms with Gasteiger partial charge >= 0.3 is 8.60 Å². The topological polar surface area (TPSA) is 121 Å². The molecule has 0 aliphatic rings. The van der Waals surface area contributed by atoms with E-state index >= 15 is 0 Å². The van der Waals surface area contributed by atoms with Crippen LogP contribution in [0, 0.1) is 0 Å². The van der Waals surface area contributed by atoms with Crippen molar-refractivity contribution >= 4 is 21.5 Å². The van der Waals surface area contributed by atoms with Crippen LogP contribution >= 0.6 is 16.2 Å². The summed E-state index contributed by atoms with van der Waals surface area (Å²) in [5.74, 6) is 0. The van der Waals surface area contributed by atoms with Gasteiger partial charge in [-0.3, -0.25) is 0 Å². The Morgan fingerprint density at radius 2 is 1.47 bits per heavy atom. The van der Waals surface area contributed by atoms with Crippen LogP contribution in [0.15, 0.2) is 30.3 Å². The minimum absolute atomic E-state index is 0. The summed E-state index contributed by atoms with van der Waals surface area (Å²) in [5, 5.41) is -0.0463. The van der Waals surface area contributed by atoms with Crippen molar-refractivity contribution < 1.29 is 55.2 Å². The molecule has 1 aromatic carbocycles. The Hall–Kier alpha value is 0.563. The van der Waals surface area contributed by atoms with Crippen LogP contribution in [0.4, 0.5) is 0 Å². The Morgan fingerprint density at radius 3 is 1.67 bits per heavy atom. The number of rotatable bonds is 1. The zero-order chi connectivity index (χ0) is 11.2. The summed E-state index contributed by atoms with van der Waals surface area (Å²) in [6.07, 6.45) is 0. The molecular weight excluding hydrogens is 321 g/mol. The fraction of sp³-hybridized carbons (Fsp3) is 0. The molecule has 0 saturated heterocycles. The van der Waals surface area contributed by atoms with E-state index in [2.05, 4.69) is 0 Å². The van der Waals surface area contributed by atoms with E-state index in [1.165, 1.54) is 12.1 Å². The molecule has 0 saturated carbocycles. The second-order valence-electron chi connectivity index (χ2n) is 2.12. The SMILES string of the molecule is O=P([O-])(O)c1ccccc1.OP(O)O.[Zr]. The van der Waals surface area contributed by atoms with E-state index in [9.17, 15) is 9.46 Å².